The van der Waals surface area contributed by atoms with E-state index in [1.54, 1.807) is 6.07 Å². The number of ether oxygens (including phenoxy) is 2. The molecule has 0 aromatic heterocycles. The fourth-order valence-corrected chi connectivity index (χ4v) is 2.27. The molecular formula is C17H15FN2O4S. The highest BCUT2D eigenvalue weighted by Gasteiger charge is 2.14. The SMILES string of the molecule is COC(=O)c1cc(NC(=S)Nc2cccc(F)c2)cc(C(=O)OC)c1. The van der Waals surface area contributed by atoms with Gasteiger partial charge in [-0.05, 0) is 48.6 Å². The molecule has 0 saturated heterocycles. The lowest BCUT2D eigenvalue weighted by Gasteiger charge is -2.12. The Labute approximate surface area is 148 Å². The largest absolute Gasteiger partial charge is 0.465 e. The maximum absolute atomic E-state index is 13.2. The Morgan fingerprint density at radius 2 is 1.48 bits per heavy atom. The number of thiocarbonyl (C=S) groups is 1. The number of hydrogen-bond donors (Lipinski definition) is 2. The van der Waals surface area contributed by atoms with Crippen molar-refractivity contribution >= 4 is 40.6 Å². The Balaban J connectivity index is 2.23. The average Bonchev–Trinajstić information content (AvgIpc) is 2.59. The second kappa shape index (κ2) is 8.20. The first-order chi connectivity index (χ1) is 11.9. The Kier molecular flexibility index (Phi) is 6.02. The predicted octanol–water partition coefficient (Wildman–Crippen LogP) is 3.21. The summed E-state index contributed by atoms with van der Waals surface area (Å²) in [5.74, 6) is -1.64. The zero-order valence-corrected chi connectivity index (χ0v) is 14.3. The second-order valence-electron chi connectivity index (χ2n) is 4.87. The standard InChI is InChI=1S/C17H15FN2O4S/c1-23-15(21)10-6-11(16(22)24-2)8-14(7-10)20-17(25)19-13-5-3-4-12(18)9-13/h3-9H,1-2H3,(H2,19,20,25). The van der Waals surface area contributed by atoms with Gasteiger partial charge >= 0.3 is 11.9 Å². The lowest BCUT2D eigenvalue weighted by Crippen LogP contribution is -2.20. The van der Waals surface area contributed by atoms with Crippen molar-refractivity contribution in [3.05, 3.63) is 59.4 Å². The molecule has 6 nitrogen and oxygen atoms in total. The van der Waals surface area contributed by atoms with Crippen molar-refractivity contribution in [2.45, 2.75) is 0 Å². The van der Waals surface area contributed by atoms with Gasteiger partial charge in [0.25, 0.3) is 0 Å². The summed E-state index contributed by atoms with van der Waals surface area (Å²) < 4.78 is 22.5. The van der Waals surface area contributed by atoms with Crippen LogP contribution in [-0.4, -0.2) is 31.3 Å². The van der Waals surface area contributed by atoms with E-state index in [-0.39, 0.29) is 16.2 Å². The van der Waals surface area contributed by atoms with Gasteiger partial charge in [-0.15, -0.1) is 0 Å². The Morgan fingerprint density at radius 3 is 2.00 bits per heavy atom. The molecule has 0 saturated carbocycles. The van der Waals surface area contributed by atoms with Gasteiger partial charge in [-0.3, -0.25) is 0 Å². The van der Waals surface area contributed by atoms with Crippen LogP contribution >= 0.6 is 12.2 Å². The third kappa shape index (κ3) is 4.98. The average molecular weight is 362 g/mol. The van der Waals surface area contributed by atoms with Crippen LogP contribution in [0, 0.1) is 5.82 Å². The van der Waals surface area contributed by atoms with Gasteiger partial charge in [0.05, 0.1) is 25.3 Å². The number of benzene rings is 2. The minimum absolute atomic E-state index is 0.154. The van der Waals surface area contributed by atoms with E-state index < -0.39 is 17.8 Å². The van der Waals surface area contributed by atoms with Crippen LogP contribution in [-0.2, 0) is 9.47 Å². The molecule has 0 heterocycles. The molecule has 2 N–H and O–H groups in total. The maximum Gasteiger partial charge on any atom is 0.337 e. The van der Waals surface area contributed by atoms with Gasteiger partial charge in [-0.25, -0.2) is 14.0 Å². The van der Waals surface area contributed by atoms with Crippen molar-refractivity contribution in [2.24, 2.45) is 0 Å². The van der Waals surface area contributed by atoms with Crippen LogP contribution < -0.4 is 10.6 Å². The second-order valence-corrected chi connectivity index (χ2v) is 5.28. The van der Waals surface area contributed by atoms with Gasteiger partial charge in [-0.2, -0.15) is 0 Å². The van der Waals surface area contributed by atoms with Crippen LogP contribution in [0.5, 0.6) is 0 Å². The Bertz CT molecular complexity index is 792. The van der Waals surface area contributed by atoms with Crippen molar-refractivity contribution in [3.63, 3.8) is 0 Å². The quantitative estimate of drug-likeness (QED) is 0.639. The predicted molar refractivity (Wildman–Crippen MR) is 95.4 cm³/mol. The Morgan fingerprint density at radius 1 is 0.920 bits per heavy atom. The molecule has 0 atom stereocenters. The zero-order chi connectivity index (χ0) is 18.4. The van der Waals surface area contributed by atoms with E-state index in [2.05, 4.69) is 20.1 Å². The molecule has 0 spiro atoms. The zero-order valence-electron chi connectivity index (χ0n) is 13.5. The number of hydrogen-bond acceptors (Lipinski definition) is 5. The highest BCUT2D eigenvalue weighted by molar-refractivity contribution is 7.80. The van der Waals surface area contributed by atoms with E-state index in [1.807, 2.05) is 0 Å². The molecule has 8 heteroatoms. The third-order valence-corrected chi connectivity index (χ3v) is 3.32. The van der Waals surface area contributed by atoms with Gasteiger partial charge in [0, 0.05) is 11.4 Å². The van der Waals surface area contributed by atoms with Crippen LogP contribution in [0.3, 0.4) is 0 Å². The van der Waals surface area contributed by atoms with E-state index in [1.165, 1.54) is 50.6 Å². The summed E-state index contributed by atoms with van der Waals surface area (Å²) in [4.78, 5) is 23.5. The number of methoxy groups -OCH3 is 2. The first-order valence-corrected chi connectivity index (χ1v) is 7.49. The first-order valence-electron chi connectivity index (χ1n) is 7.08. The number of halogens is 1. The molecule has 2 aromatic rings. The summed E-state index contributed by atoms with van der Waals surface area (Å²) in [7, 11) is 2.47. The summed E-state index contributed by atoms with van der Waals surface area (Å²) in [5, 5.41) is 5.79. The number of carbonyl (C=O) groups excluding carboxylic acids is 2. The topological polar surface area (TPSA) is 76.7 Å². The first kappa shape index (κ1) is 18.3. The summed E-state index contributed by atoms with van der Waals surface area (Å²) >= 11 is 5.16. The summed E-state index contributed by atoms with van der Waals surface area (Å²) in [5.41, 5.74) is 1.13. The highest BCUT2D eigenvalue weighted by atomic mass is 32.1. The molecule has 0 bridgehead atoms. The van der Waals surface area contributed by atoms with Gasteiger partial charge in [0.1, 0.15) is 5.82 Å². The monoisotopic (exact) mass is 362 g/mol. The van der Waals surface area contributed by atoms with E-state index in [0.717, 1.165) is 0 Å². The normalized spacial score (nSPS) is 9.88. The molecule has 0 radical (unpaired) electrons. The molecule has 0 amide bonds. The van der Waals surface area contributed by atoms with Gasteiger partial charge < -0.3 is 20.1 Å². The molecule has 0 unspecified atom stereocenters. The van der Waals surface area contributed by atoms with Crippen molar-refractivity contribution in [2.75, 3.05) is 24.9 Å². The van der Waals surface area contributed by atoms with E-state index in [9.17, 15) is 14.0 Å². The molecule has 0 aliphatic rings. The van der Waals surface area contributed by atoms with Gasteiger partial charge in [-0.1, -0.05) is 6.07 Å². The van der Waals surface area contributed by atoms with Gasteiger partial charge in [0.15, 0.2) is 5.11 Å². The number of esters is 2. The lowest BCUT2D eigenvalue weighted by atomic mass is 10.1. The molecule has 0 aliphatic carbocycles. The molecular weight excluding hydrogens is 347 g/mol. The number of anilines is 2. The van der Waals surface area contributed by atoms with Crippen molar-refractivity contribution in [3.8, 4) is 0 Å². The molecule has 0 aliphatic heterocycles. The van der Waals surface area contributed by atoms with Crippen molar-refractivity contribution in [1.29, 1.82) is 0 Å². The molecule has 2 aromatic carbocycles. The van der Waals surface area contributed by atoms with Crippen LogP contribution in [0.4, 0.5) is 15.8 Å². The molecule has 0 fully saturated rings. The van der Waals surface area contributed by atoms with Crippen LogP contribution in [0.25, 0.3) is 0 Å². The highest BCUT2D eigenvalue weighted by Crippen LogP contribution is 2.18. The summed E-state index contributed by atoms with van der Waals surface area (Å²) in [6.07, 6.45) is 0. The van der Waals surface area contributed by atoms with E-state index >= 15 is 0 Å². The summed E-state index contributed by atoms with van der Waals surface area (Å²) in [6.45, 7) is 0. The fourth-order valence-electron chi connectivity index (χ4n) is 2.03. The van der Waals surface area contributed by atoms with E-state index in [0.29, 0.717) is 11.4 Å². The summed E-state index contributed by atoms with van der Waals surface area (Å²) in [6, 6.07) is 10.1. The number of nitrogens with one attached hydrogen (secondary N) is 2. The van der Waals surface area contributed by atoms with Crippen LogP contribution in [0.1, 0.15) is 20.7 Å². The maximum atomic E-state index is 13.2. The van der Waals surface area contributed by atoms with Gasteiger partial charge in [0.2, 0.25) is 0 Å². The number of carbonyl (C=O) groups is 2. The molecule has 2 rings (SSSR count). The minimum Gasteiger partial charge on any atom is -0.465 e. The van der Waals surface area contributed by atoms with E-state index in [4.69, 9.17) is 12.2 Å². The fraction of sp³-hybridized carbons (Fsp3) is 0.118. The molecule has 25 heavy (non-hydrogen) atoms. The third-order valence-electron chi connectivity index (χ3n) is 3.12. The van der Waals surface area contributed by atoms with Crippen molar-refractivity contribution < 1.29 is 23.5 Å². The lowest BCUT2D eigenvalue weighted by molar-refractivity contribution is 0.0599. The minimum atomic E-state index is -0.613. The molecule has 130 valence electrons. The smallest absolute Gasteiger partial charge is 0.337 e. The van der Waals surface area contributed by atoms with Crippen LogP contribution in [0.15, 0.2) is 42.5 Å². The Hall–Kier alpha value is -3.00. The number of rotatable bonds is 4. The van der Waals surface area contributed by atoms with Crippen molar-refractivity contribution in [1.82, 2.24) is 0 Å². The van der Waals surface area contributed by atoms with Crippen LogP contribution in [0.2, 0.25) is 0 Å².